The number of amides is 3. The summed E-state index contributed by atoms with van der Waals surface area (Å²) in [6.45, 7) is 13.2. The molecule has 12 nitrogen and oxygen atoms in total. The number of nitrogens with zero attached hydrogens (tertiary/aromatic N) is 3. The molecule has 0 spiro atoms. The van der Waals surface area contributed by atoms with E-state index in [0.717, 1.165) is 37.8 Å². The highest BCUT2D eigenvalue weighted by molar-refractivity contribution is 5.93. The number of likely N-dealkylation sites (tertiary alicyclic amines) is 2. The van der Waals surface area contributed by atoms with Gasteiger partial charge in [-0.15, -0.1) is 0 Å². The molecule has 304 valence electrons. The molecular weight excluding hydrogens is 688 g/mol. The third-order valence-corrected chi connectivity index (χ3v) is 12.5. The van der Waals surface area contributed by atoms with E-state index in [1.807, 2.05) is 58.2 Å². The number of rotatable bonds is 20. The van der Waals surface area contributed by atoms with Crippen LogP contribution in [-0.4, -0.2) is 129 Å². The number of ketones is 1. The van der Waals surface area contributed by atoms with Gasteiger partial charge in [0, 0.05) is 46.6 Å². The Morgan fingerprint density at radius 2 is 1.63 bits per heavy atom. The van der Waals surface area contributed by atoms with Gasteiger partial charge in [0.05, 0.1) is 49.3 Å². The number of hydrogen-bond donors (Lipinski definition) is 1. The maximum Gasteiger partial charge on any atom is 0.328 e. The summed E-state index contributed by atoms with van der Waals surface area (Å²) in [4.78, 5) is 74.2. The molecule has 0 unspecified atom stereocenters. The number of hydrogen-bond acceptors (Lipinski definition) is 9. The molecule has 2 aliphatic rings. The Morgan fingerprint density at radius 3 is 2.17 bits per heavy atom. The highest BCUT2D eigenvalue weighted by atomic mass is 16.5. The molecule has 2 fully saturated rings. The summed E-state index contributed by atoms with van der Waals surface area (Å²) in [6.07, 6.45) is 3.12. The summed E-state index contributed by atoms with van der Waals surface area (Å²) < 4.78 is 17.0. The molecule has 0 radical (unpaired) electrons. The van der Waals surface area contributed by atoms with Crippen molar-refractivity contribution in [3.05, 3.63) is 35.9 Å². The maximum absolute atomic E-state index is 14.3. The number of nitrogens with one attached hydrogen (secondary N) is 1. The van der Waals surface area contributed by atoms with Crippen LogP contribution in [0.4, 0.5) is 0 Å². The van der Waals surface area contributed by atoms with Crippen LogP contribution < -0.4 is 5.32 Å². The van der Waals surface area contributed by atoms with E-state index in [2.05, 4.69) is 24.1 Å². The van der Waals surface area contributed by atoms with Crippen molar-refractivity contribution < 1.29 is 38.2 Å². The Labute approximate surface area is 324 Å². The number of carbonyl (C=O) groups is 5. The van der Waals surface area contributed by atoms with Crippen molar-refractivity contribution in [1.82, 2.24) is 20.0 Å². The standard InChI is InChI=1S/C42H68N4O8/c1-12-28(4)37(45(8)40(50)31(27(2)3)25-35(47)42(6)21-17-22-44(42)7)34(52-9)26-36(48)46-23-16-20-33(46)38(53-10)29(5)39(49)43-32(41(51)54-11)24-30-18-14-13-15-19-30/h13-15,18-19,27-29,31-34,37-38H,12,16-17,20-26H2,1-11H3,(H,43,49)/t28-,29+,31-,32-,33-,34+,37-,38+,42-/m0/s1. The lowest BCUT2D eigenvalue weighted by Gasteiger charge is -2.41. The number of esters is 1. The fourth-order valence-corrected chi connectivity index (χ4v) is 8.53. The summed E-state index contributed by atoms with van der Waals surface area (Å²) in [6, 6.07) is 7.73. The smallest absolute Gasteiger partial charge is 0.328 e. The van der Waals surface area contributed by atoms with Gasteiger partial charge in [0.2, 0.25) is 17.7 Å². The van der Waals surface area contributed by atoms with Crippen molar-refractivity contribution in [2.45, 2.75) is 129 Å². The lowest BCUT2D eigenvalue weighted by atomic mass is 9.81. The first-order valence-corrected chi connectivity index (χ1v) is 19.8. The van der Waals surface area contributed by atoms with Gasteiger partial charge in [-0.1, -0.05) is 71.4 Å². The zero-order valence-corrected chi connectivity index (χ0v) is 34.8. The molecule has 2 aliphatic heterocycles. The van der Waals surface area contributed by atoms with Gasteiger partial charge in [-0.05, 0) is 63.6 Å². The Morgan fingerprint density at radius 1 is 0.963 bits per heavy atom. The largest absolute Gasteiger partial charge is 0.467 e. The minimum absolute atomic E-state index is 0.00200. The van der Waals surface area contributed by atoms with Crippen LogP contribution in [-0.2, 0) is 44.6 Å². The first kappa shape index (κ1) is 45.0. The van der Waals surface area contributed by atoms with Crippen molar-refractivity contribution >= 4 is 29.5 Å². The lowest BCUT2D eigenvalue weighted by molar-refractivity contribution is -0.150. The SMILES string of the molecule is CC[C@H](C)[C@@H]([C@@H](CC(=O)N1CCC[C@H]1[C@H](OC)[C@@H](C)C(=O)N[C@@H](Cc1ccccc1)C(=O)OC)OC)N(C)C(=O)[C@@H](CC(=O)[C@]1(C)CCCN1C)C(C)C. The van der Waals surface area contributed by atoms with E-state index in [1.54, 1.807) is 30.9 Å². The van der Waals surface area contributed by atoms with Crippen LogP contribution in [0.2, 0.25) is 0 Å². The van der Waals surface area contributed by atoms with Crippen LogP contribution in [0.1, 0.15) is 92.1 Å². The van der Waals surface area contributed by atoms with E-state index in [4.69, 9.17) is 14.2 Å². The second kappa shape index (κ2) is 20.5. The molecule has 1 N–H and O–H groups in total. The van der Waals surface area contributed by atoms with Crippen molar-refractivity contribution in [3.8, 4) is 0 Å². The number of ether oxygens (including phenoxy) is 3. The molecular formula is C42H68N4O8. The summed E-state index contributed by atoms with van der Waals surface area (Å²) in [5, 5.41) is 2.87. The lowest BCUT2D eigenvalue weighted by Crippen LogP contribution is -2.55. The number of carbonyl (C=O) groups excluding carboxylic acids is 5. The van der Waals surface area contributed by atoms with Gasteiger partial charge in [-0.2, -0.15) is 0 Å². The first-order chi connectivity index (χ1) is 25.6. The summed E-state index contributed by atoms with van der Waals surface area (Å²) in [5.74, 6) is -2.32. The molecule has 0 aromatic heterocycles. The fraction of sp³-hybridized carbons (Fsp3) is 0.738. The van der Waals surface area contributed by atoms with Crippen LogP contribution in [0.5, 0.6) is 0 Å². The maximum atomic E-state index is 14.3. The number of benzene rings is 1. The van der Waals surface area contributed by atoms with E-state index >= 15 is 0 Å². The average Bonchev–Trinajstić information content (AvgIpc) is 3.79. The van der Waals surface area contributed by atoms with Gasteiger partial charge in [0.1, 0.15) is 6.04 Å². The molecule has 2 saturated heterocycles. The molecule has 12 heteroatoms. The molecule has 9 atom stereocenters. The molecule has 0 aliphatic carbocycles. The summed E-state index contributed by atoms with van der Waals surface area (Å²) in [7, 11) is 8.16. The Balaban J connectivity index is 1.77. The minimum Gasteiger partial charge on any atom is -0.467 e. The van der Waals surface area contributed by atoms with Gasteiger partial charge in [-0.3, -0.25) is 24.1 Å². The zero-order valence-electron chi connectivity index (χ0n) is 34.8. The van der Waals surface area contributed by atoms with Crippen LogP contribution >= 0.6 is 0 Å². The van der Waals surface area contributed by atoms with E-state index in [9.17, 15) is 24.0 Å². The van der Waals surface area contributed by atoms with Gasteiger partial charge in [-0.25, -0.2) is 4.79 Å². The fourth-order valence-electron chi connectivity index (χ4n) is 8.53. The van der Waals surface area contributed by atoms with Gasteiger partial charge < -0.3 is 29.3 Å². The molecule has 1 aromatic rings. The Bertz CT molecular complexity index is 1410. The highest BCUT2D eigenvalue weighted by Gasteiger charge is 2.45. The van der Waals surface area contributed by atoms with Gasteiger partial charge in [0.25, 0.3) is 0 Å². The van der Waals surface area contributed by atoms with Crippen molar-refractivity contribution in [2.24, 2.45) is 23.7 Å². The number of Topliss-reactive ketones (excluding diaryl/α,β-unsaturated/α-hetero) is 1. The summed E-state index contributed by atoms with van der Waals surface area (Å²) >= 11 is 0. The number of methoxy groups -OCH3 is 3. The molecule has 3 rings (SSSR count). The molecule has 0 bridgehead atoms. The first-order valence-electron chi connectivity index (χ1n) is 19.8. The van der Waals surface area contributed by atoms with Crippen LogP contribution in [0, 0.1) is 23.7 Å². The van der Waals surface area contributed by atoms with Crippen LogP contribution in [0.3, 0.4) is 0 Å². The van der Waals surface area contributed by atoms with E-state index in [0.29, 0.717) is 13.0 Å². The molecule has 3 amide bonds. The summed E-state index contributed by atoms with van der Waals surface area (Å²) in [5.41, 5.74) is 0.311. The zero-order chi connectivity index (χ0) is 40.3. The monoisotopic (exact) mass is 757 g/mol. The van der Waals surface area contributed by atoms with Gasteiger partial charge in [0.15, 0.2) is 5.78 Å². The predicted octanol–water partition coefficient (Wildman–Crippen LogP) is 4.52. The second-order valence-electron chi connectivity index (χ2n) is 16.1. The molecule has 1 aromatic carbocycles. The van der Waals surface area contributed by atoms with Crippen molar-refractivity contribution in [1.29, 1.82) is 0 Å². The topological polar surface area (TPSA) is 135 Å². The van der Waals surface area contributed by atoms with Crippen molar-refractivity contribution in [3.63, 3.8) is 0 Å². The van der Waals surface area contributed by atoms with E-state index < -0.39 is 47.6 Å². The average molecular weight is 757 g/mol. The molecule has 54 heavy (non-hydrogen) atoms. The molecule has 2 heterocycles. The quantitative estimate of drug-likeness (QED) is 0.191. The third-order valence-electron chi connectivity index (χ3n) is 12.5. The normalized spacial score (nSPS) is 22.9. The van der Waals surface area contributed by atoms with E-state index in [1.165, 1.54) is 14.2 Å². The molecule has 0 saturated carbocycles. The van der Waals surface area contributed by atoms with Crippen LogP contribution in [0.25, 0.3) is 0 Å². The van der Waals surface area contributed by atoms with Crippen LogP contribution in [0.15, 0.2) is 30.3 Å². The minimum atomic E-state index is -0.883. The predicted molar refractivity (Wildman–Crippen MR) is 208 cm³/mol. The second-order valence-corrected chi connectivity index (χ2v) is 16.1. The Hall–Kier alpha value is -3.35. The third kappa shape index (κ3) is 10.7. The number of likely N-dealkylation sites (N-methyl/N-ethyl adjacent to an activating group) is 2. The highest BCUT2D eigenvalue weighted by Crippen LogP contribution is 2.34. The van der Waals surface area contributed by atoms with Crippen molar-refractivity contribution in [2.75, 3.05) is 48.5 Å². The van der Waals surface area contributed by atoms with E-state index in [-0.39, 0.29) is 60.6 Å². The Kier molecular flexibility index (Phi) is 17.1. The van der Waals surface area contributed by atoms with Gasteiger partial charge >= 0.3 is 5.97 Å².